The highest BCUT2D eigenvalue weighted by Crippen LogP contribution is 2.18. The maximum atomic E-state index is 5.16. The average molecular weight is 249 g/mol. The summed E-state index contributed by atoms with van der Waals surface area (Å²) in [6.45, 7) is 4.39. The van der Waals surface area contributed by atoms with Gasteiger partial charge in [0.05, 0.1) is 12.8 Å². The number of rotatable bonds is 5. The van der Waals surface area contributed by atoms with Crippen LogP contribution < -0.4 is 10.1 Å². The van der Waals surface area contributed by atoms with Crippen molar-refractivity contribution >= 4 is 0 Å². The van der Waals surface area contributed by atoms with E-state index in [1.165, 1.54) is 25.9 Å². The second-order valence-electron chi connectivity index (χ2n) is 4.97. The van der Waals surface area contributed by atoms with Crippen LogP contribution in [0.3, 0.4) is 0 Å². The number of aromatic nitrogens is 1. The monoisotopic (exact) mass is 249 g/mol. The third-order valence-electron chi connectivity index (χ3n) is 3.47. The lowest BCUT2D eigenvalue weighted by Gasteiger charge is -2.32. The molecule has 1 fully saturated rings. The van der Waals surface area contributed by atoms with Gasteiger partial charge in [0, 0.05) is 19.2 Å². The smallest absolute Gasteiger partial charge is 0.213 e. The summed E-state index contributed by atoms with van der Waals surface area (Å²) in [4.78, 5) is 6.97. The molecule has 0 amide bonds. The second kappa shape index (κ2) is 6.71. The second-order valence-corrected chi connectivity index (χ2v) is 4.97. The van der Waals surface area contributed by atoms with Gasteiger partial charge in [0.15, 0.2) is 0 Å². The van der Waals surface area contributed by atoms with Gasteiger partial charge in [-0.3, -0.25) is 4.90 Å². The van der Waals surface area contributed by atoms with Gasteiger partial charge in [-0.2, -0.15) is 0 Å². The number of hydrogen-bond donors (Lipinski definition) is 1. The standard InChI is InChI=1S/C14H23N3O/c1-15-9-12-5-4-8-17(10-12)11-13-6-3-7-14(16-13)18-2/h3,6-7,12,15H,4-5,8-11H2,1-2H3. The Hall–Kier alpha value is -1.13. The van der Waals surface area contributed by atoms with Gasteiger partial charge in [0.1, 0.15) is 0 Å². The summed E-state index contributed by atoms with van der Waals surface area (Å²) < 4.78 is 5.16. The lowest BCUT2D eigenvalue weighted by atomic mass is 9.98. The van der Waals surface area contributed by atoms with Crippen molar-refractivity contribution < 1.29 is 4.74 Å². The van der Waals surface area contributed by atoms with E-state index >= 15 is 0 Å². The summed E-state index contributed by atoms with van der Waals surface area (Å²) in [5, 5.41) is 3.28. The van der Waals surface area contributed by atoms with E-state index in [1.807, 2.05) is 19.2 Å². The zero-order valence-electron chi connectivity index (χ0n) is 11.4. The van der Waals surface area contributed by atoms with Crippen molar-refractivity contribution in [3.8, 4) is 5.88 Å². The van der Waals surface area contributed by atoms with Crippen LogP contribution in [0.2, 0.25) is 0 Å². The number of hydrogen-bond acceptors (Lipinski definition) is 4. The zero-order valence-corrected chi connectivity index (χ0v) is 11.4. The molecule has 1 aliphatic heterocycles. The molecular formula is C14H23N3O. The predicted molar refractivity (Wildman–Crippen MR) is 72.7 cm³/mol. The lowest BCUT2D eigenvalue weighted by Crippen LogP contribution is -2.38. The molecule has 1 aromatic heterocycles. The first-order chi connectivity index (χ1) is 8.81. The molecule has 0 spiro atoms. The molecule has 1 atom stereocenters. The fourth-order valence-corrected chi connectivity index (χ4v) is 2.64. The molecular weight excluding hydrogens is 226 g/mol. The van der Waals surface area contributed by atoms with Crippen molar-refractivity contribution in [3.63, 3.8) is 0 Å². The minimum atomic E-state index is 0.705. The lowest BCUT2D eigenvalue weighted by molar-refractivity contribution is 0.165. The Labute approximate surface area is 109 Å². The molecule has 0 aromatic carbocycles. The van der Waals surface area contributed by atoms with Crippen LogP contribution in [0.1, 0.15) is 18.5 Å². The van der Waals surface area contributed by atoms with Crippen molar-refractivity contribution in [1.82, 2.24) is 15.2 Å². The van der Waals surface area contributed by atoms with Gasteiger partial charge in [0.25, 0.3) is 0 Å². The van der Waals surface area contributed by atoms with Gasteiger partial charge in [-0.25, -0.2) is 4.98 Å². The maximum Gasteiger partial charge on any atom is 0.213 e. The van der Waals surface area contributed by atoms with Gasteiger partial charge < -0.3 is 10.1 Å². The van der Waals surface area contributed by atoms with E-state index in [9.17, 15) is 0 Å². The number of pyridine rings is 1. The van der Waals surface area contributed by atoms with Gasteiger partial charge in [-0.15, -0.1) is 0 Å². The van der Waals surface area contributed by atoms with Gasteiger partial charge >= 0.3 is 0 Å². The van der Waals surface area contributed by atoms with Crippen molar-refractivity contribution in [2.24, 2.45) is 5.92 Å². The van der Waals surface area contributed by atoms with Crippen LogP contribution in [-0.2, 0) is 6.54 Å². The molecule has 2 rings (SSSR count). The minimum Gasteiger partial charge on any atom is -0.481 e. The minimum absolute atomic E-state index is 0.705. The van der Waals surface area contributed by atoms with Crippen molar-refractivity contribution in [2.45, 2.75) is 19.4 Å². The van der Waals surface area contributed by atoms with Gasteiger partial charge in [-0.1, -0.05) is 6.07 Å². The molecule has 4 heteroatoms. The number of likely N-dealkylation sites (tertiary alicyclic amines) is 1. The number of methoxy groups -OCH3 is 1. The van der Waals surface area contributed by atoms with Crippen LogP contribution in [0.25, 0.3) is 0 Å². The number of nitrogens with one attached hydrogen (secondary N) is 1. The molecule has 1 unspecified atom stereocenters. The fourth-order valence-electron chi connectivity index (χ4n) is 2.64. The Kier molecular flexibility index (Phi) is 4.96. The van der Waals surface area contributed by atoms with Crippen LogP contribution >= 0.6 is 0 Å². The average Bonchev–Trinajstić information content (AvgIpc) is 2.40. The van der Waals surface area contributed by atoms with Crippen molar-refractivity contribution in [1.29, 1.82) is 0 Å². The zero-order chi connectivity index (χ0) is 12.8. The van der Waals surface area contributed by atoms with E-state index in [-0.39, 0.29) is 0 Å². The van der Waals surface area contributed by atoms with Crippen LogP contribution in [0, 0.1) is 5.92 Å². The molecule has 2 heterocycles. The molecule has 4 nitrogen and oxygen atoms in total. The predicted octanol–water partition coefficient (Wildman–Crippen LogP) is 1.52. The first kappa shape index (κ1) is 13.3. The van der Waals surface area contributed by atoms with Crippen molar-refractivity contribution in [3.05, 3.63) is 23.9 Å². The van der Waals surface area contributed by atoms with Crippen LogP contribution in [0.5, 0.6) is 5.88 Å². The SMILES string of the molecule is CNCC1CCCN(Cc2cccc(OC)n2)C1. The normalized spacial score (nSPS) is 20.9. The molecule has 1 saturated heterocycles. The summed E-state index contributed by atoms with van der Waals surface area (Å²) >= 11 is 0. The third kappa shape index (κ3) is 3.68. The topological polar surface area (TPSA) is 37.4 Å². The Balaban J connectivity index is 1.91. The summed E-state index contributed by atoms with van der Waals surface area (Å²) in [7, 11) is 3.69. The molecule has 100 valence electrons. The quantitative estimate of drug-likeness (QED) is 0.858. The molecule has 1 aliphatic rings. The van der Waals surface area contributed by atoms with E-state index < -0.39 is 0 Å². The molecule has 0 aliphatic carbocycles. The Morgan fingerprint density at radius 2 is 2.39 bits per heavy atom. The molecule has 0 bridgehead atoms. The van der Waals surface area contributed by atoms with Crippen LogP contribution in [-0.4, -0.2) is 43.7 Å². The Morgan fingerprint density at radius 1 is 1.50 bits per heavy atom. The molecule has 1 aromatic rings. The summed E-state index contributed by atoms with van der Waals surface area (Å²) in [5.41, 5.74) is 1.10. The summed E-state index contributed by atoms with van der Waals surface area (Å²) in [6.07, 6.45) is 2.62. The molecule has 0 radical (unpaired) electrons. The van der Waals surface area contributed by atoms with E-state index in [2.05, 4.69) is 21.3 Å². The van der Waals surface area contributed by atoms with E-state index in [0.29, 0.717) is 5.88 Å². The van der Waals surface area contributed by atoms with E-state index in [4.69, 9.17) is 4.74 Å². The third-order valence-corrected chi connectivity index (χ3v) is 3.47. The Morgan fingerprint density at radius 3 is 3.17 bits per heavy atom. The number of ether oxygens (including phenoxy) is 1. The summed E-state index contributed by atoms with van der Waals surface area (Å²) in [6, 6.07) is 5.98. The van der Waals surface area contributed by atoms with Gasteiger partial charge in [0.2, 0.25) is 5.88 Å². The first-order valence-electron chi connectivity index (χ1n) is 6.68. The fraction of sp³-hybridized carbons (Fsp3) is 0.643. The van der Waals surface area contributed by atoms with E-state index in [0.717, 1.165) is 24.7 Å². The molecule has 1 N–H and O–H groups in total. The highest BCUT2D eigenvalue weighted by Gasteiger charge is 2.19. The highest BCUT2D eigenvalue weighted by atomic mass is 16.5. The molecule has 0 saturated carbocycles. The van der Waals surface area contributed by atoms with Crippen LogP contribution in [0.4, 0.5) is 0 Å². The maximum absolute atomic E-state index is 5.16. The number of nitrogens with zero attached hydrogens (tertiary/aromatic N) is 2. The van der Waals surface area contributed by atoms with Gasteiger partial charge in [-0.05, 0) is 45.0 Å². The van der Waals surface area contributed by atoms with Crippen LogP contribution in [0.15, 0.2) is 18.2 Å². The van der Waals surface area contributed by atoms with E-state index in [1.54, 1.807) is 7.11 Å². The highest BCUT2D eigenvalue weighted by molar-refractivity contribution is 5.15. The number of piperidine rings is 1. The molecule has 18 heavy (non-hydrogen) atoms. The van der Waals surface area contributed by atoms with Crippen molar-refractivity contribution in [2.75, 3.05) is 33.8 Å². The Bertz CT molecular complexity index is 368. The summed E-state index contributed by atoms with van der Waals surface area (Å²) in [5.74, 6) is 1.48. The first-order valence-corrected chi connectivity index (χ1v) is 6.68. The largest absolute Gasteiger partial charge is 0.481 e.